The fourth-order valence-electron chi connectivity index (χ4n) is 13.2. The Balaban J connectivity index is 1.15. The molecule has 0 bridgehead atoms. The Morgan fingerprint density at radius 1 is 0.429 bits per heavy atom. The van der Waals surface area contributed by atoms with Crippen molar-refractivity contribution in [1.82, 2.24) is 0 Å². The molecule has 2 aliphatic heterocycles. The maximum Gasteiger partial charge on any atom is 0.260 e. The third kappa shape index (κ3) is 7.47. The zero-order chi connectivity index (χ0) is 53.5. The van der Waals surface area contributed by atoms with Crippen molar-refractivity contribution in [2.75, 3.05) is 9.80 Å². The molecule has 0 radical (unpaired) electrons. The minimum Gasteiger partial charge on any atom is -0.311 e. The quantitative estimate of drug-likeness (QED) is 0.0941. The van der Waals surface area contributed by atoms with Gasteiger partial charge in [-0.15, -0.1) is 11.3 Å². The van der Waals surface area contributed by atoms with Crippen LogP contribution in [0.25, 0.3) is 59.2 Å². The Kier molecular flexibility index (Phi) is 11.5. The second-order valence-electron chi connectivity index (χ2n) is 25.3. The number of hydrogen-bond acceptors (Lipinski definition) is 3. The molecule has 384 valence electrons. The highest BCUT2D eigenvalue weighted by Crippen LogP contribution is 2.55. The van der Waals surface area contributed by atoms with E-state index in [0.717, 1.165) is 32.1 Å². The molecule has 0 fully saturated rings. The number of hydrogen-bond donors (Lipinski definition) is 0. The molecule has 0 N–H and O–H groups in total. The summed E-state index contributed by atoms with van der Waals surface area (Å²) >= 11 is 2.03. The number of rotatable bonds is 11. The first kappa shape index (κ1) is 49.7. The van der Waals surface area contributed by atoms with Crippen LogP contribution in [0.15, 0.2) is 169 Å². The normalized spacial score (nSPS) is 14.5. The Labute approximate surface area is 462 Å². The van der Waals surface area contributed by atoms with Crippen LogP contribution in [0.3, 0.4) is 0 Å². The molecule has 0 saturated heterocycles. The van der Waals surface area contributed by atoms with E-state index in [0.29, 0.717) is 0 Å². The molecule has 10 aromatic rings. The topological polar surface area (TPSA) is 6.48 Å². The standard InChI is InChI=1S/C73H73BN2S/c1-13-70(5,6)46-33-37-50(38-34-46)75-62-29-22-30-63-66(62)74(69-68(75)59-44-49(73(11,12)16-4)36-40-64(59)77-69)60-41-45-31-32-47(71(7,8)14-2)42-57(45)67(60)76(63)61-39-35-48(72(9,10)15-3)43-58(61)56-28-21-27-55-53-24-18-17-23-51(53)52-25-19-20-26-54(52)65(55)56/h17-40,42-44H,13-16,41H2,1-12H3. The minimum atomic E-state index is -0.0390. The largest absolute Gasteiger partial charge is 0.311 e. The first-order valence-electron chi connectivity index (χ1n) is 28.7. The second-order valence-corrected chi connectivity index (χ2v) is 26.4. The molecule has 9 aromatic carbocycles. The number of benzene rings is 9. The SMILES string of the molecule is CCC(C)(C)c1ccc(N2c3cccc4c3B(C3=C(c5cc(C(C)(C)CC)ccc5C3)N4c3ccc(C(C)(C)CC)cc3-c3cccc4c5ccccc5c5ccccc5c34)c3sc4ccc(C(C)(C)CC)cc4c32)cc1. The first-order valence-corrected chi connectivity index (χ1v) is 29.6. The van der Waals surface area contributed by atoms with E-state index < -0.39 is 0 Å². The molecule has 0 amide bonds. The highest BCUT2D eigenvalue weighted by Gasteiger charge is 2.49. The Hall–Kier alpha value is -6.88. The summed E-state index contributed by atoms with van der Waals surface area (Å²) in [6, 6.07) is 64.6. The van der Waals surface area contributed by atoms with Gasteiger partial charge < -0.3 is 9.80 Å². The lowest BCUT2D eigenvalue weighted by Crippen LogP contribution is -2.54. The predicted molar refractivity (Wildman–Crippen MR) is 338 cm³/mol. The van der Waals surface area contributed by atoms with E-state index in [-0.39, 0.29) is 28.4 Å². The monoisotopic (exact) mass is 1020 g/mol. The van der Waals surface area contributed by atoms with Gasteiger partial charge in [-0.1, -0.05) is 198 Å². The summed E-state index contributed by atoms with van der Waals surface area (Å²) in [5.41, 5.74) is 21.6. The van der Waals surface area contributed by atoms with Crippen molar-refractivity contribution >= 4 is 105 Å². The van der Waals surface area contributed by atoms with Gasteiger partial charge >= 0.3 is 0 Å². The van der Waals surface area contributed by atoms with Crippen molar-refractivity contribution in [2.24, 2.45) is 0 Å². The van der Waals surface area contributed by atoms with Crippen LogP contribution in [0.2, 0.25) is 0 Å². The van der Waals surface area contributed by atoms with Crippen LogP contribution in [-0.2, 0) is 28.1 Å². The van der Waals surface area contributed by atoms with E-state index in [1.54, 1.807) is 0 Å². The molecule has 0 spiro atoms. The lowest BCUT2D eigenvalue weighted by atomic mass is 9.35. The lowest BCUT2D eigenvalue weighted by Gasteiger charge is -2.43. The molecule has 3 heterocycles. The van der Waals surface area contributed by atoms with Crippen molar-refractivity contribution in [3.8, 4) is 11.1 Å². The first-order chi connectivity index (χ1) is 37.0. The van der Waals surface area contributed by atoms with Gasteiger partial charge in [0.2, 0.25) is 0 Å². The summed E-state index contributed by atoms with van der Waals surface area (Å²) < 4.78 is 2.80. The molecule has 77 heavy (non-hydrogen) atoms. The summed E-state index contributed by atoms with van der Waals surface area (Å²) in [5.74, 6) is 0. The second kappa shape index (κ2) is 17.8. The van der Waals surface area contributed by atoms with E-state index in [1.165, 1.54) is 137 Å². The van der Waals surface area contributed by atoms with E-state index in [4.69, 9.17) is 0 Å². The van der Waals surface area contributed by atoms with Gasteiger partial charge in [-0.05, 0) is 180 Å². The highest BCUT2D eigenvalue weighted by atomic mass is 32.1. The van der Waals surface area contributed by atoms with Crippen molar-refractivity contribution in [1.29, 1.82) is 0 Å². The molecule has 3 aliphatic rings. The van der Waals surface area contributed by atoms with Crippen molar-refractivity contribution in [3.05, 3.63) is 203 Å². The van der Waals surface area contributed by atoms with Crippen molar-refractivity contribution in [3.63, 3.8) is 0 Å². The zero-order valence-electron chi connectivity index (χ0n) is 47.5. The van der Waals surface area contributed by atoms with Crippen LogP contribution in [-0.4, -0.2) is 6.71 Å². The van der Waals surface area contributed by atoms with Crippen molar-refractivity contribution in [2.45, 2.75) is 137 Å². The molecule has 0 atom stereocenters. The van der Waals surface area contributed by atoms with Crippen LogP contribution in [0.1, 0.15) is 142 Å². The van der Waals surface area contributed by atoms with Gasteiger partial charge in [0, 0.05) is 48.7 Å². The summed E-state index contributed by atoms with van der Waals surface area (Å²) in [5, 5.41) is 9.15. The van der Waals surface area contributed by atoms with Crippen LogP contribution in [0, 0.1) is 0 Å². The van der Waals surface area contributed by atoms with Crippen LogP contribution >= 0.6 is 11.3 Å². The molecular formula is C73H73BN2S. The summed E-state index contributed by atoms with van der Waals surface area (Å²) in [6.45, 7) is 28.6. The van der Waals surface area contributed by atoms with Crippen LogP contribution in [0.5, 0.6) is 0 Å². The van der Waals surface area contributed by atoms with Gasteiger partial charge in [0.1, 0.15) is 0 Å². The van der Waals surface area contributed by atoms with Gasteiger partial charge in [-0.25, -0.2) is 0 Å². The molecule has 0 unspecified atom stereocenters. The maximum atomic E-state index is 2.75. The third-order valence-electron chi connectivity index (χ3n) is 19.7. The third-order valence-corrected chi connectivity index (χ3v) is 20.9. The Morgan fingerprint density at radius 2 is 0.922 bits per heavy atom. The number of nitrogens with zero attached hydrogens (tertiary/aromatic N) is 2. The molecule has 1 aliphatic carbocycles. The molecule has 1 aromatic heterocycles. The molecule has 2 nitrogen and oxygen atoms in total. The van der Waals surface area contributed by atoms with E-state index >= 15 is 0 Å². The van der Waals surface area contributed by atoms with Crippen LogP contribution < -0.4 is 20.0 Å². The lowest BCUT2D eigenvalue weighted by molar-refractivity contribution is 0.506. The van der Waals surface area contributed by atoms with Gasteiger partial charge in [0.25, 0.3) is 6.71 Å². The number of anilines is 5. The maximum absolute atomic E-state index is 2.75. The van der Waals surface area contributed by atoms with Gasteiger partial charge in [-0.3, -0.25) is 0 Å². The number of allylic oxidation sites excluding steroid dienone is 1. The zero-order valence-corrected chi connectivity index (χ0v) is 48.3. The number of thiophene rings is 1. The predicted octanol–water partition coefficient (Wildman–Crippen LogP) is 19.8. The van der Waals surface area contributed by atoms with E-state index in [9.17, 15) is 0 Å². The molecule has 4 heteroatoms. The summed E-state index contributed by atoms with van der Waals surface area (Å²) in [6.07, 6.45) is 5.15. The fraction of sp³-hybridized carbons (Fsp3) is 0.288. The average Bonchev–Trinajstić information content (AvgIpc) is 4.14. The smallest absolute Gasteiger partial charge is 0.260 e. The number of fused-ring (bicyclic) bond motifs is 13. The molecular weight excluding hydrogens is 948 g/mol. The molecule has 0 saturated carbocycles. The summed E-state index contributed by atoms with van der Waals surface area (Å²) in [7, 11) is 0. The summed E-state index contributed by atoms with van der Waals surface area (Å²) in [4.78, 5) is 5.42. The van der Waals surface area contributed by atoms with Crippen LogP contribution in [0.4, 0.5) is 28.4 Å². The van der Waals surface area contributed by atoms with E-state index in [1.807, 2.05) is 11.3 Å². The van der Waals surface area contributed by atoms with Crippen molar-refractivity contribution < 1.29 is 0 Å². The van der Waals surface area contributed by atoms with E-state index in [2.05, 4.69) is 257 Å². The van der Waals surface area contributed by atoms with Gasteiger partial charge in [-0.2, -0.15) is 0 Å². The average molecular weight is 1020 g/mol. The van der Waals surface area contributed by atoms with Gasteiger partial charge in [0.15, 0.2) is 0 Å². The minimum absolute atomic E-state index is 0.0180. The molecule has 13 rings (SSSR count). The fourth-order valence-corrected chi connectivity index (χ4v) is 14.5. The Morgan fingerprint density at radius 3 is 1.55 bits per heavy atom. The van der Waals surface area contributed by atoms with Gasteiger partial charge in [0.05, 0.1) is 11.4 Å². The highest BCUT2D eigenvalue weighted by molar-refractivity contribution is 7.33. The Bertz CT molecular complexity index is 4040.